The summed E-state index contributed by atoms with van der Waals surface area (Å²) in [5, 5.41) is 6.00. The van der Waals surface area contributed by atoms with E-state index in [9.17, 15) is 0 Å². The molecule has 0 aliphatic carbocycles. The van der Waals surface area contributed by atoms with E-state index in [0.29, 0.717) is 0 Å². The number of hydrogen-bond donors (Lipinski definition) is 1. The maximum Gasteiger partial charge on any atom is 0.0540 e. The predicted octanol–water partition coefficient (Wildman–Crippen LogP) is 11.4. The lowest BCUT2D eigenvalue weighted by atomic mass is 10.0. The van der Waals surface area contributed by atoms with Crippen LogP contribution in [0.3, 0.4) is 0 Å². The lowest BCUT2D eigenvalue weighted by Gasteiger charge is -2.27. The van der Waals surface area contributed by atoms with Crippen molar-refractivity contribution >= 4 is 39.2 Å². The molecule has 0 spiro atoms. The summed E-state index contributed by atoms with van der Waals surface area (Å²) in [5.74, 6) is 0. The number of hydrogen-bond acceptors (Lipinski definition) is 2. The van der Waals surface area contributed by atoms with Crippen molar-refractivity contribution in [2.24, 2.45) is 0 Å². The topological polar surface area (TPSA) is 15.3 Å². The fourth-order valence-electron chi connectivity index (χ4n) is 5.52. The van der Waals surface area contributed by atoms with E-state index in [0.717, 1.165) is 28.4 Å². The molecule has 0 saturated heterocycles. The number of fused-ring (bicyclic) bond motifs is 1. The van der Waals surface area contributed by atoms with Crippen molar-refractivity contribution in [2.45, 2.75) is 0 Å². The molecule has 2 nitrogen and oxygen atoms in total. The van der Waals surface area contributed by atoms with E-state index >= 15 is 0 Å². The van der Waals surface area contributed by atoms with Gasteiger partial charge in [-0.3, -0.25) is 0 Å². The zero-order valence-corrected chi connectivity index (χ0v) is 23.2. The van der Waals surface area contributed by atoms with Crippen LogP contribution in [-0.2, 0) is 0 Å². The first-order valence-electron chi connectivity index (χ1n) is 14.3. The van der Waals surface area contributed by atoms with Gasteiger partial charge < -0.3 is 10.2 Å². The summed E-state index contributed by atoms with van der Waals surface area (Å²) in [6.07, 6.45) is 0. The fraction of sp³-hybridized carbons (Fsp3) is 0. The molecule has 7 rings (SSSR count). The molecule has 0 aliphatic heterocycles. The molecule has 0 heterocycles. The summed E-state index contributed by atoms with van der Waals surface area (Å²) in [4.78, 5) is 2.35. The normalized spacial score (nSPS) is 10.9. The quantitative estimate of drug-likeness (QED) is 0.217. The average Bonchev–Trinajstić information content (AvgIpc) is 3.07. The van der Waals surface area contributed by atoms with Crippen LogP contribution in [0.25, 0.3) is 33.0 Å². The summed E-state index contributed by atoms with van der Waals surface area (Å²) in [5.41, 5.74) is 10.3. The van der Waals surface area contributed by atoms with Crippen LogP contribution >= 0.6 is 0 Å². The maximum atomic E-state index is 3.57. The van der Waals surface area contributed by atoms with Gasteiger partial charge in [0.25, 0.3) is 0 Å². The Bertz CT molecular complexity index is 1920. The predicted molar refractivity (Wildman–Crippen MR) is 179 cm³/mol. The number of nitrogens with one attached hydrogen (secondary N) is 1. The highest BCUT2D eigenvalue weighted by atomic mass is 15.1. The van der Waals surface area contributed by atoms with Gasteiger partial charge in [-0.1, -0.05) is 121 Å². The molecule has 0 unspecified atom stereocenters. The molecule has 0 aliphatic rings. The number of benzene rings is 7. The van der Waals surface area contributed by atoms with E-state index in [-0.39, 0.29) is 0 Å². The van der Waals surface area contributed by atoms with Gasteiger partial charge in [0.05, 0.1) is 5.69 Å². The summed E-state index contributed by atoms with van der Waals surface area (Å²) < 4.78 is 0. The molecule has 2 heteroatoms. The van der Waals surface area contributed by atoms with E-state index in [4.69, 9.17) is 0 Å². The van der Waals surface area contributed by atoms with Crippen LogP contribution in [0.5, 0.6) is 0 Å². The summed E-state index contributed by atoms with van der Waals surface area (Å²) in [7, 11) is 0. The van der Waals surface area contributed by atoms with E-state index in [2.05, 4.69) is 180 Å². The summed E-state index contributed by atoms with van der Waals surface area (Å²) in [6.45, 7) is 0. The Morgan fingerprint density at radius 1 is 0.357 bits per heavy atom. The fourth-order valence-corrected chi connectivity index (χ4v) is 5.52. The lowest BCUT2D eigenvalue weighted by Crippen LogP contribution is -2.10. The smallest absolute Gasteiger partial charge is 0.0540 e. The van der Waals surface area contributed by atoms with E-state index in [1.807, 2.05) is 6.07 Å². The molecule has 0 radical (unpaired) electrons. The molecule has 0 fully saturated rings. The van der Waals surface area contributed by atoms with Crippen LogP contribution in [0.2, 0.25) is 0 Å². The first-order valence-corrected chi connectivity index (χ1v) is 14.3. The van der Waals surface area contributed by atoms with Gasteiger partial charge in [0, 0.05) is 28.1 Å². The van der Waals surface area contributed by atoms with E-state index < -0.39 is 0 Å². The van der Waals surface area contributed by atoms with Gasteiger partial charge in [0.1, 0.15) is 0 Å². The zero-order chi connectivity index (χ0) is 28.1. The van der Waals surface area contributed by atoms with Crippen molar-refractivity contribution in [3.63, 3.8) is 0 Å². The van der Waals surface area contributed by atoms with Crippen molar-refractivity contribution in [3.8, 4) is 22.3 Å². The lowest BCUT2D eigenvalue weighted by molar-refractivity contribution is 1.30. The molecule has 0 saturated carbocycles. The minimum atomic E-state index is 1.04. The maximum absolute atomic E-state index is 3.57. The first-order chi connectivity index (χ1) is 20.8. The second kappa shape index (κ2) is 11.5. The Morgan fingerprint density at radius 3 is 1.60 bits per heavy atom. The van der Waals surface area contributed by atoms with Crippen molar-refractivity contribution < 1.29 is 0 Å². The Labute approximate surface area is 247 Å². The standard InChI is InChI=1S/C40H30N2/c1-3-11-30(12-4-1)32-21-23-35(24-22-32)41-36-25-27-37(28-26-36)42(40-20-10-16-33-15-7-8-19-39(33)40)38-18-9-17-34(29-38)31-13-5-2-6-14-31/h1-29,41H. The third-order valence-corrected chi connectivity index (χ3v) is 7.63. The third-order valence-electron chi connectivity index (χ3n) is 7.63. The van der Waals surface area contributed by atoms with E-state index in [1.54, 1.807) is 0 Å². The van der Waals surface area contributed by atoms with Gasteiger partial charge >= 0.3 is 0 Å². The van der Waals surface area contributed by atoms with Gasteiger partial charge in [-0.2, -0.15) is 0 Å². The molecule has 0 atom stereocenters. The van der Waals surface area contributed by atoms with Crippen molar-refractivity contribution in [2.75, 3.05) is 10.2 Å². The summed E-state index contributed by atoms with van der Waals surface area (Å²) in [6, 6.07) is 62.2. The highest BCUT2D eigenvalue weighted by Gasteiger charge is 2.16. The van der Waals surface area contributed by atoms with Crippen LogP contribution in [0, 0.1) is 0 Å². The molecule has 0 aromatic heterocycles. The number of rotatable bonds is 7. The molecule has 1 N–H and O–H groups in total. The first kappa shape index (κ1) is 25.4. The minimum absolute atomic E-state index is 1.04. The Morgan fingerprint density at radius 2 is 0.881 bits per heavy atom. The minimum Gasteiger partial charge on any atom is -0.356 e. The van der Waals surface area contributed by atoms with Crippen molar-refractivity contribution in [1.29, 1.82) is 0 Å². The zero-order valence-electron chi connectivity index (χ0n) is 23.2. The Kier molecular flexibility index (Phi) is 6.94. The monoisotopic (exact) mass is 538 g/mol. The van der Waals surface area contributed by atoms with Gasteiger partial charge in [0.2, 0.25) is 0 Å². The molecular weight excluding hydrogens is 508 g/mol. The molecule has 0 bridgehead atoms. The summed E-state index contributed by atoms with van der Waals surface area (Å²) >= 11 is 0. The highest BCUT2D eigenvalue weighted by Crippen LogP contribution is 2.40. The average molecular weight is 539 g/mol. The van der Waals surface area contributed by atoms with Gasteiger partial charge in [-0.25, -0.2) is 0 Å². The van der Waals surface area contributed by atoms with Crippen LogP contribution in [-0.4, -0.2) is 0 Å². The molecule has 42 heavy (non-hydrogen) atoms. The second-order valence-corrected chi connectivity index (χ2v) is 10.4. The largest absolute Gasteiger partial charge is 0.356 e. The van der Waals surface area contributed by atoms with Gasteiger partial charge in [0.15, 0.2) is 0 Å². The Balaban J connectivity index is 1.24. The van der Waals surface area contributed by atoms with Crippen LogP contribution in [0.1, 0.15) is 0 Å². The number of nitrogens with zero attached hydrogens (tertiary/aromatic N) is 1. The second-order valence-electron chi connectivity index (χ2n) is 10.4. The van der Waals surface area contributed by atoms with Crippen LogP contribution in [0.15, 0.2) is 176 Å². The molecule has 7 aromatic rings. The van der Waals surface area contributed by atoms with Crippen molar-refractivity contribution in [1.82, 2.24) is 0 Å². The molecular formula is C40H30N2. The molecule has 7 aromatic carbocycles. The molecule has 0 amide bonds. The molecule has 200 valence electrons. The SMILES string of the molecule is c1ccc(-c2ccc(Nc3ccc(N(c4cccc(-c5ccccc5)c4)c4cccc5ccccc45)cc3)cc2)cc1. The van der Waals surface area contributed by atoms with Crippen molar-refractivity contribution in [3.05, 3.63) is 176 Å². The highest BCUT2D eigenvalue weighted by molar-refractivity contribution is 5.99. The van der Waals surface area contributed by atoms with Gasteiger partial charge in [-0.15, -0.1) is 0 Å². The van der Waals surface area contributed by atoms with E-state index in [1.165, 1.54) is 33.0 Å². The Hall–Kier alpha value is -5.60. The van der Waals surface area contributed by atoms with Crippen LogP contribution in [0.4, 0.5) is 28.4 Å². The van der Waals surface area contributed by atoms with Crippen LogP contribution < -0.4 is 10.2 Å². The van der Waals surface area contributed by atoms with Gasteiger partial charge in [-0.05, 0) is 82.2 Å². The third kappa shape index (κ3) is 5.26. The number of anilines is 5.